The Morgan fingerprint density at radius 2 is 2.00 bits per heavy atom. The lowest BCUT2D eigenvalue weighted by molar-refractivity contribution is 0.0679. The van der Waals surface area contributed by atoms with Crippen molar-refractivity contribution in [1.82, 2.24) is 4.72 Å². The molecule has 0 fully saturated rings. The molecule has 0 aromatic heterocycles. The first-order chi connectivity index (χ1) is 8.86. The zero-order valence-electron chi connectivity index (χ0n) is 10.4. The molecule has 0 saturated carbocycles. The van der Waals surface area contributed by atoms with E-state index in [1.807, 2.05) is 0 Å². The summed E-state index contributed by atoms with van der Waals surface area (Å²) >= 11 is 0. The smallest absolute Gasteiger partial charge is 0.248 e. The standard InChI is InChI=1S/C11H16N2O5S/c1-18-7-9(14)6-13-19(16,17)10-4-2-8(3-5-10)11(12)15/h2-5,9,13-14H,6-7H2,1H3,(H2,12,15). The summed E-state index contributed by atoms with van der Waals surface area (Å²) in [6.07, 6.45) is -0.926. The number of rotatable bonds is 7. The van der Waals surface area contributed by atoms with Gasteiger partial charge in [-0.25, -0.2) is 13.1 Å². The molecule has 1 atom stereocenters. The maximum absolute atomic E-state index is 11.8. The van der Waals surface area contributed by atoms with Crippen LogP contribution in [0, 0.1) is 0 Å². The number of hydrogen-bond acceptors (Lipinski definition) is 5. The number of methoxy groups -OCH3 is 1. The molecule has 1 aromatic carbocycles. The average Bonchev–Trinajstić information content (AvgIpc) is 2.37. The van der Waals surface area contributed by atoms with Crippen molar-refractivity contribution in [3.8, 4) is 0 Å². The minimum Gasteiger partial charge on any atom is -0.389 e. The maximum Gasteiger partial charge on any atom is 0.248 e. The van der Waals surface area contributed by atoms with Crippen LogP contribution in [0.3, 0.4) is 0 Å². The Morgan fingerprint density at radius 1 is 1.42 bits per heavy atom. The van der Waals surface area contributed by atoms with Crippen LogP contribution in [-0.4, -0.2) is 45.8 Å². The fourth-order valence-electron chi connectivity index (χ4n) is 1.34. The van der Waals surface area contributed by atoms with Gasteiger partial charge in [0.25, 0.3) is 0 Å². The van der Waals surface area contributed by atoms with Gasteiger partial charge in [0.2, 0.25) is 15.9 Å². The van der Waals surface area contributed by atoms with E-state index in [9.17, 15) is 18.3 Å². The molecule has 0 radical (unpaired) electrons. The number of primary amides is 1. The van der Waals surface area contributed by atoms with Crippen molar-refractivity contribution in [3.63, 3.8) is 0 Å². The van der Waals surface area contributed by atoms with Crippen molar-refractivity contribution in [2.75, 3.05) is 20.3 Å². The summed E-state index contributed by atoms with van der Waals surface area (Å²) in [6, 6.07) is 5.18. The molecule has 1 unspecified atom stereocenters. The summed E-state index contributed by atoms with van der Waals surface area (Å²) in [7, 11) is -2.33. The van der Waals surface area contributed by atoms with E-state index in [1.54, 1.807) is 0 Å². The van der Waals surface area contributed by atoms with Crippen LogP contribution >= 0.6 is 0 Å². The van der Waals surface area contributed by atoms with Crippen molar-refractivity contribution in [3.05, 3.63) is 29.8 Å². The summed E-state index contributed by atoms with van der Waals surface area (Å²) in [6.45, 7) is -0.128. The van der Waals surface area contributed by atoms with Gasteiger partial charge < -0.3 is 15.6 Å². The van der Waals surface area contributed by atoms with Gasteiger partial charge in [-0.3, -0.25) is 4.79 Å². The summed E-state index contributed by atoms with van der Waals surface area (Å²) in [5.41, 5.74) is 5.27. The summed E-state index contributed by atoms with van der Waals surface area (Å²) in [4.78, 5) is 10.8. The molecule has 0 saturated heterocycles. The Hall–Kier alpha value is -1.48. The molecule has 8 heteroatoms. The number of carbonyl (C=O) groups excluding carboxylic acids is 1. The first kappa shape index (κ1) is 15.6. The zero-order valence-corrected chi connectivity index (χ0v) is 11.2. The second kappa shape index (κ2) is 6.62. The number of aliphatic hydroxyl groups excluding tert-OH is 1. The van der Waals surface area contributed by atoms with E-state index < -0.39 is 22.0 Å². The number of carbonyl (C=O) groups is 1. The summed E-state index contributed by atoms with van der Waals surface area (Å²) < 4.78 is 30.6. The minimum atomic E-state index is -3.73. The Balaban J connectivity index is 2.74. The highest BCUT2D eigenvalue weighted by Gasteiger charge is 2.16. The average molecular weight is 288 g/mol. The number of benzene rings is 1. The van der Waals surface area contributed by atoms with E-state index in [-0.39, 0.29) is 23.6 Å². The number of nitrogens with two attached hydrogens (primary N) is 1. The molecule has 0 spiro atoms. The van der Waals surface area contributed by atoms with Crippen LogP contribution in [0.15, 0.2) is 29.2 Å². The van der Waals surface area contributed by atoms with Gasteiger partial charge in [-0.05, 0) is 24.3 Å². The molecule has 1 rings (SSSR count). The minimum absolute atomic E-state index is 0.0119. The topological polar surface area (TPSA) is 119 Å². The van der Waals surface area contributed by atoms with Crippen LogP contribution in [0.1, 0.15) is 10.4 Å². The lowest BCUT2D eigenvalue weighted by atomic mass is 10.2. The molecule has 106 valence electrons. The second-order valence-corrected chi connectivity index (χ2v) is 5.62. The van der Waals surface area contributed by atoms with Gasteiger partial charge in [0, 0.05) is 19.2 Å². The number of sulfonamides is 1. The largest absolute Gasteiger partial charge is 0.389 e. The van der Waals surface area contributed by atoms with E-state index in [1.165, 1.54) is 31.4 Å². The Labute approximate surface area is 111 Å². The number of nitrogens with one attached hydrogen (secondary N) is 1. The van der Waals surface area contributed by atoms with Gasteiger partial charge in [-0.2, -0.15) is 0 Å². The van der Waals surface area contributed by atoms with E-state index in [2.05, 4.69) is 9.46 Å². The van der Waals surface area contributed by atoms with Crippen LogP contribution < -0.4 is 10.5 Å². The monoisotopic (exact) mass is 288 g/mol. The molecule has 0 aliphatic carbocycles. The van der Waals surface area contributed by atoms with Crippen LogP contribution in [0.2, 0.25) is 0 Å². The van der Waals surface area contributed by atoms with Crippen LogP contribution in [0.5, 0.6) is 0 Å². The van der Waals surface area contributed by atoms with Crippen molar-refractivity contribution in [1.29, 1.82) is 0 Å². The number of hydrogen-bond donors (Lipinski definition) is 3. The first-order valence-electron chi connectivity index (χ1n) is 5.43. The van der Waals surface area contributed by atoms with Crippen molar-refractivity contribution < 1.29 is 23.1 Å². The number of aliphatic hydroxyl groups is 1. The van der Waals surface area contributed by atoms with Crippen molar-refractivity contribution >= 4 is 15.9 Å². The number of ether oxygens (including phenoxy) is 1. The predicted molar refractivity (Wildman–Crippen MR) is 68.0 cm³/mol. The fourth-order valence-corrected chi connectivity index (χ4v) is 2.41. The quantitative estimate of drug-likeness (QED) is 0.599. The summed E-state index contributed by atoms with van der Waals surface area (Å²) in [5.74, 6) is -0.632. The van der Waals surface area contributed by atoms with E-state index in [4.69, 9.17) is 5.73 Å². The highest BCUT2D eigenvalue weighted by Crippen LogP contribution is 2.10. The van der Waals surface area contributed by atoms with Gasteiger partial charge in [0.15, 0.2) is 0 Å². The van der Waals surface area contributed by atoms with Gasteiger partial charge in [0.1, 0.15) is 0 Å². The van der Waals surface area contributed by atoms with E-state index in [0.29, 0.717) is 0 Å². The van der Waals surface area contributed by atoms with Gasteiger partial charge in [-0.15, -0.1) is 0 Å². The molecular formula is C11H16N2O5S. The SMILES string of the molecule is COCC(O)CNS(=O)(=O)c1ccc(C(N)=O)cc1. The molecule has 0 aliphatic rings. The molecule has 7 nitrogen and oxygen atoms in total. The summed E-state index contributed by atoms with van der Waals surface area (Å²) in [5, 5.41) is 9.36. The molecular weight excluding hydrogens is 272 g/mol. The molecule has 19 heavy (non-hydrogen) atoms. The lowest BCUT2D eigenvalue weighted by Gasteiger charge is -2.11. The first-order valence-corrected chi connectivity index (χ1v) is 6.91. The zero-order chi connectivity index (χ0) is 14.5. The predicted octanol–water partition coefficient (Wildman–Crippen LogP) is -0.929. The Bertz CT molecular complexity index is 527. The Morgan fingerprint density at radius 3 is 2.47 bits per heavy atom. The lowest BCUT2D eigenvalue weighted by Crippen LogP contribution is -2.34. The van der Waals surface area contributed by atoms with Crippen LogP contribution in [0.25, 0.3) is 0 Å². The van der Waals surface area contributed by atoms with Gasteiger partial charge >= 0.3 is 0 Å². The Kier molecular flexibility index (Phi) is 5.43. The molecule has 0 heterocycles. The highest BCUT2D eigenvalue weighted by atomic mass is 32.2. The molecule has 1 amide bonds. The third-order valence-electron chi connectivity index (χ3n) is 2.32. The molecule has 1 aromatic rings. The second-order valence-electron chi connectivity index (χ2n) is 3.85. The normalized spacial score (nSPS) is 13.2. The van der Waals surface area contributed by atoms with Crippen LogP contribution in [0.4, 0.5) is 0 Å². The third-order valence-corrected chi connectivity index (χ3v) is 3.76. The molecule has 4 N–H and O–H groups in total. The van der Waals surface area contributed by atoms with Gasteiger partial charge in [0.05, 0.1) is 17.6 Å². The van der Waals surface area contributed by atoms with E-state index >= 15 is 0 Å². The number of amides is 1. The van der Waals surface area contributed by atoms with Crippen molar-refractivity contribution in [2.24, 2.45) is 5.73 Å². The molecule has 0 aliphatic heterocycles. The highest BCUT2D eigenvalue weighted by molar-refractivity contribution is 7.89. The third kappa shape index (κ3) is 4.60. The fraction of sp³-hybridized carbons (Fsp3) is 0.364. The van der Waals surface area contributed by atoms with Crippen LogP contribution in [-0.2, 0) is 14.8 Å². The van der Waals surface area contributed by atoms with E-state index in [0.717, 1.165) is 0 Å². The maximum atomic E-state index is 11.8. The van der Waals surface area contributed by atoms with Crippen molar-refractivity contribution in [2.45, 2.75) is 11.0 Å². The van der Waals surface area contributed by atoms with Gasteiger partial charge in [-0.1, -0.05) is 0 Å². The molecule has 0 bridgehead atoms.